The van der Waals surface area contributed by atoms with Gasteiger partial charge in [-0.15, -0.1) is 0 Å². The van der Waals surface area contributed by atoms with Crippen LogP contribution >= 0.6 is 0 Å². The number of carbonyl (C=O) groups excluding carboxylic acids is 2. The van der Waals surface area contributed by atoms with Crippen LogP contribution in [0.5, 0.6) is 0 Å². The Morgan fingerprint density at radius 1 is 1.08 bits per heavy atom. The van der Waals surface area contributed by atoms with E-state index in [4.69, 9.17) is 5.53 Å². The first-order valence-corrected chi connectivity index (χ1v) is 6.13. The van der Waals surface area contributed by atoms with Gasteiger partial charge in [0.15, 0.2) is 23.3 Å². The summed E-state index contributed by atoms with van der Waals surface area (Å²) in [4.78, 5) is 24.6. The Hall–Kier alpha value is -3.07. The van der Waals surface area contributed by atoms with Gasteiger partial charge in [-0.3, -0.25) is 0 Å². The highest BCUT2D eigenvalue weighted by Crippen LogP contribution is 2.30. The molecule has 0 radical (unpaired) electrons. The van der Waals surface area contributed by atoms with E-state index in [-0.39, 0.29) is 5.57 Å². The molecule has 24 heavy (non-hydrogen) atoms. The maximum Gasteiger partial charge on any atom is 0.344 e. The van der Waals surface area contributed by atoms with Gasteiger partial charge in [0.1, 0.15) is 24.5 Å². The molecule has 0 aliphatic rings. The monoisotopic (exact) mass is 347 g/mol. The van der Waals surface area contributed by atoms with E-state index in [1.165, 1.54) is 6.92 Å². The molecular formula is C13H9F4N3O4. The first kappa shape index (κ1) is 19.0. The summed E-state index contributed by atoms with van der Waals surface area (Å²) in [7, 11) is 0. The highest BCUT2D eigenvalue weighted by molar-refractivity contribution is 5.90. The van der Waals surface area contributed by atoms with Crippen molar-refractivity contribution in [3.8, 4) is 0 Å². The number of carbonyl (C=O) groups is 2. The fourth-order valence-corrected chi connectivity index (χ4v) is 1.40. The minimum Gasteiger partial charge on any atom is -0.459 e. The Bertz CT molecular complexity index is 731. The second kappa shape index (κ2) is 7.97. The molecule has 0 saturated carbocycles. The lowest BCUT2D eigenvalue weighted by atomic mass is 10.1. The van der Waals surface area contributed by atoms with E-state index in [9.17, 15) is 27.2 Å². The van der Waals surface area contributed by atoms with E-state index >= 15 is 0 Å². The molecule has 0 amide bonds. The summed E-state index contributed by atoms with van der Waals surface area (Å²) in [5.74, 6) is -10.8. The Kier molecular flexibility index (Phi) is 6.30. The summed E-state index contributed by atoms with van der Waals surface area (Å²) in [6.45, 7) is 3.54. The number of rotatable bonds is 6. The van der Waals surface area contributed by atoms with Crippen LogP contribution in [0.15, 0.2) is 17.3 Å². The molecule has 0 unspecified atom stereocenters. The molecule has 0 N–H and O–H groups in total. The largest absolute Gasteiger partial charge is 0.459 e. The second-order valence-corrected chi connectivity index (χ2v) is 4.22. The van der Waals surface area contributed by atoms with Gasteiger partial charge in [-0.05, 0) is 12.5 Å². The quantitative estimate of drug-likeness (QED) is 0.115. The van der Waals surface area contributed by atoms with Gasteiger partial charge in [-0.1, -0.05) is 11.7 Å². The van der Waals surface area contributed by atoms with Gasteiger partial charge < -0.3 is 9.47 Å². The average Bonchev–Trinajstić information content (AvgIpc) is 2.53. The first-order chi connectivity index (χ1) is 11.2. The van der Waals surface area contributed by atoms with Crippen LogP contribution in [-0.4, -0.2) is 25.2 Å². The number of hydrogen-bond donors (Lipinski definition) is 0. The van der Waals surface area contributed by atoms with Gasteiger partial charge in [-0.2, -0.15) is 0 Å². The van der Waals surface area contributed by atoms with Crippen LogP contribution in [0.2, 0.25) is 0 Å². The Morgan fingerprint density at radius 2 is 1.58 bits per heavy atom. The van der Waals surface area contributed by atoms with Gasteiger partial charge in [0, 0.05) is 10.5 Å². The highest BCUT2D eigenvalue weighted by atomic mass is 19.2. The van der Waals surface area contributed by atoms with Gasteiger partial charge in [0.2, 0.25) is 0 Å². The average molecular weight is 347 g/mol. The lowest BCUT2D eigenvalue weighted by Crippen LogP contribution is -2.17. The van der Waals surface area contributed by atoms with Crippen molar-refractivity contribution >= 4 is 17.6 Å². The lowest BCUT2D eigenvalue weighted by Gasteiger charge is -2.10. The molecule has 0 aliphatic carbocycles. The van der Waals surface area contributed by atoms with Crippen molar-refractivity contribution in [1.82, 2.24) is 0 Å². The van der Waals surface area contributed by atoms with E-state index in [2.05, 4.69) is 21.2 Å². The number of benzene rings is 1. The molecule has 0 atom stereocenters. The summed E-state index contributed by atoms with van der Waals surface area (Å²) in [5.41, 5.74) is 4.96. The van der Waals surface area contributed by atoms with Crippen LogP contribution in [0.4, 0.5) is 23.2 Å². The Labute approximate surface area is 132 Å². The van der Waals surface area contributed by atoms with Crippen LogP contribution in [-0.2, 0) is 14.3 Å². The van der Waals surface area contributed by atoms with Gasteiger partial charge in [-0.25, -0.2) is 27.2 Å². The van der Waals surface area contributed by atoms with E-state index in [0.717, 1.165) is 0 Å². The number of halogens is 4. The van der Waals surface area contributed by atoms with Crippen molar-refractivity contribution in [3.63, 3.8) is 0 Å². The first-order valence-electron chi connectivity index (χ1n) is 6.13. The van der Waals surface area contributed by atoms with Crippen LogP contribution < -0.4 is 0 Å². The van der Waals surface area contributed by atoms with E-state index in [1.807, 2.05) is 4.91 Å². The van der Waals surface area contributed by atoms with Crippen molar-refractivity contribution in [3.05, 3.63) is 51.4 Å². The molecule has 1 rings (SSSR count). The van der Waals surface area contributed by atoms with Crippen LogP contribution in [0.25, 0.3) is 10.4 Å². The number of ether oxygens (including phenoxy) is 2. The van der Waals surface area contributed by atoms with E-state index < -0.39 is 59.7 Å². The normalized spacial score (nSPS) is 9.88. The summed E-state index contributed by atoms with van der Waals surface area (Å²) in [5, 5.41) is 2.47. The molecule has 0 spiro atoms. The molecule has 128 valence electrons. The minimum absolute atomic E-state index is 0.0659. The van der Waals surface area contributed by atoms with Crippen LogP contribution in [0, 0.1) is 23.3 Å². The molecule has 0 bridgehead atoms. The van der Waals surface area contributed by atoms with E-state index in [0.29, 0.717) is 0 Å². The Morgan fingerprint density at radius 3 is 2.04 bits per heavy atom. The topological polar surface area (TPSA) is 101 Å². The SMILES string of the molecule is C=C(C)C(=O)OCCOC(=O)c1c(F)c(F)c(N=[N+]=[N-])c(F)c1F. The molecule has 0 saturated heterocycles. The second-order valence-electron chi connectivity index (χ2n) is 4.22. The minimum atomic E-state index is -2.08. The van der Waals surface area contributed by atoms with Gasteiger partial charge in [0.25, 0.3) is 0 Å². The zero-order valence-corrected chi connectivity index (χ0v) is 12.1. The fraction of sp³-hybridized carbons (Fsp3) is 0.231. The standard InChI is InChI=1S/C13H9F4N3O4/c1-5(2)12(21)23-3-4-24-13(22)6-7(14)9(16)11(19-20-18)10(17)8(6)15/h1,3-4H2,2H3. The number of azide groups is 1. The number of esters is 2. The van der Waals surface area contributed by atoms with Crippen molar-refractivity contribution in [2.24, 2.45) is 5.11 Å². The third-order valence-electron chi connectivity index (χ3n) is 2.49. The molecule has 1 aromatic carbocycles. The molecular weight excluding hydrogens is 338 g/mol. The molecule has 1 aromatic rings. The smallest absolute Gasteiger partial charge is 0.344 e. The van der Waals surface area contributed by atoms with Crippen LogP contribution in [0.3, 0.4) is 0 Å². The number of hydrogen-bond acceptors (Lipinski definition) is 5. The highest BCUT2D eigenvalue weighted by Gasteiger charge is 2.29. The molecule has 7 nitrogen and oxygen atoms in total. The van der Waals surface area contributed by atoms with Crippen molar-refractivity contribution in [2.75, 3.05) is 13.2 Å². The van der Waals surface area contributed by atoms with E-state index in [1.54, 1.807) is 0 Å². The summed E-state index contributed by atoms with van der Waals surface area (Å²) in [6, 6.07) is 0. The van der Waals surface area contributed by atoms with Crippen molar-refractivity contribution in [1.29, 1.82) is 0 Å². The van der Waals surface area contributed by atoms with Gasteiger partial charge >= 0.3 is 11.9 Å². The molecule has 0 aromatic heterocycles. The summed E-state index contributed by atoms with van der Waals surface area (Å²) >= 11 is 0. The predicted molar refractivity (Wildman–Crippen MR) is 71.1 cm³/mol. The van der Waals surface area contributed by atoms with Crippen molar-refractivity contribution < 1.29 is 36.6 Å². The molecule has 0 fully saturated rings. The van der Waals surface area contributed by atoms with Gasteiger partial charge in [0.05, 0.1) is 0 Å². The maximum atomic E-state index is 13.7. The predicted octanol–water partition coefficient (Wildman–Crippen LogP) is 3.46. The zero-order chi connectivity index (χ0) is 18.4. The molecule has 0 aliphatic heterocycles. The molecule has 0 heterocycles. The molecule has 11 heteroatoms. The Balaban J connectivity index is 2.94. The summed E-state index contributed by atoms with van der Waals surface area (Å²) < 4.78 is 63.2. The van der Waals surface area contributed by atoms with Crippen molar-refractivity contribution in [2.45, 2.75) is 6.92 Å². The fourth-order valence-electron chi connectivity index (χ4n) is 1.40. The third-order valence-corrected chi connectivity index (χ3v) is 2.49. The lowest BCUT2D eigenvalue weighted by molar-refractivity contribution is -0.140. The van der Waals surface area contributed by atoms with Crippen LogP contribution in [0.1, 0.15) is 17.3 Å². The number of nitrogens with zero attached hydrogens (tertiary/aromatic N) is 3. The zero-order valence-electron chi connectivity index (χ0n) is 12.1. The summed E-state index contributed by atoms with van der Waals surface area (Å²) in [6.07, 6.45) is 0. The third kappa shape index (κ3) is 4.02. The maximum absolute atomic E-state index is 13.7.